The lowest BCUT2D eigenvalue weighted by atomic mass is 9.38. The van der Waals surface area contributed by atoms with Crippen LogP contribution in [0, 0.1) is 28.6 Å². The number of hydrogen-bond donors (Lipinski definition) is 12. The molecule has 5 aliphatic rings. The van der Waals surface area contributed by atoms with Gasteiger partial charge in [-0.15, -0.1) is 0 Å². The molecule has 0 aromatic heterocycles. The van der Waals surface area contributed by atoms with Gasteiger partial charge in [0, 0.05) is 16.7 Å². The third-order valence-electron chi connectivity index (χ3n) is 13.7. The van der Waals surface area contributed by atoms with Crippen molar-refractivity contribution in [3.8, 4) is 0 Å². The predicted molar refractivity (Wildman–Crippen MR) is 158 cm³/mol. The van der Waals surface area contributed by atoms with Crippen molar-refractivity contribution in [2.75, 3.05) is 6.61 Å². The van der Waals surface area contributed by atoms with Gasteiger partial charge in [-0.2, -0.15) is 0 Å². The van der Waals surface area contributed by atoms with Gasteiger partial charge in [0.15, 0.2) is 6.29 Å². The summed E-state index contributed by atoms with van der Waals surface area (Å²) in [5, 5.41) is 133. The van der Waals surface area contributed by atoms with Gasteiger partial charge in [-0.3, -0.25) is 0 Å². The zero-order chi connectivity index (χ0) is 34.4. The summed E-state index contributed by atoms with van der Waals surface area (Å²) in [5.41, 5.74) is -9.71. The number of hydrogen-bond acceptors (Lipinski definition) is 14. The maximum absolute atomic E-state index is 12.6. The average molecular weight is 665 g/mol. The number of aliphatic hydroxyl groups is 12. The Morgan fingerprint density at radius 1 is 0.783 bits per heavy atom. The Hall–Kier alpha value is -0.560. The molecule has 5 fully saturated rings. The summed E-state index contributed by atoms with van der Waals surface area (Å²) in [7, 11) is 0. The molecule has 0 radical (unpaired) electrons. The molecule has 1 saturated heterocycles. The maximum Gasteiger partial charge on any atom is 0.186 e. The summed E-state index contributed by atoms with van der Waals surface area (Å²) in [4.78, 5) is 0. The second kappa shape index (κ2) is 12.3. The fourth-order valence-corrected chi connectivity index (χ4v) is 10.7. The third-order valence-corrected chi connectivity index (χ3v) is 13.7. The molecule has 14 heteroatoms. The van der Waals surface area contributed by atoms with Gasteiger partial charge >= 0.3 is 0 Å². The molecule has 4 saturated carbocycles. The highest BCUT2D eigenvalue weighted by molar-refractivity contribution is 5.33. The molecule has 5 rings (SSSR count). The van der Waals surface area contributed by atoms with Crippen molar-refractivity contribution in [3.05, 3.63) is 0 Å². The number of aliphatic hydroxyl groups excluding tert-OH is 9. The van der Waals surface area contributed by atoms with Crippen molar-refractivity contribution in [1.29, 1.82) is 0 Å². The largest absolute Gasteiger partial charge is 0.394 e. The normalized spacial score (nSPS) is 56.9. The predicted octanol–water partition coefficient (Wildman–Crippen LogP) is -2.75. The lowest BCUT2D eigenvalue weighted by Crippen LogP contribution is -2.88. The lowest BCUT2D eigenvalue weighted by Gasteiger charge is -2.72. The fraction of sp³-hybridized carbons (Fsp3) is 1.00. The van der Waals surface area contributed by atoms with E-state index in [4.69, 9.17) is 9.47 Å². The van der Waals surface area contributed by atoms with Crippen LogP contribution >= 0.6 is 0 Å². The Balaban J connectivity index is 1.36. The van der Waals surface area contributed by atoms with Crippen molar-refractivity contribution < 1.29 is 70.8 Å². The highest BCUT2D eigenvalue weighted by Crippen LogP contribution is 2.72. The van der Waals surface area contributed by atoms with E-state index in [-0.39, 0.29) is 37.5 Å². The zero-order valence-electron chi connectivity index (χ0n) is 27.1. The molecule has 46 heavy (non-hydrogen) atoms. The fourth-order valence-electron chi connectivity index (χ4n) is 10.7. The maximum atomic E-state index is 12.6. The summed E-state index contributed by atoms with van der Waals surface area (Å²) < 4.78 is 11.5. The Kier molecular flexibility index (Phi) is 9.85. The molecule has 19 unspecified atom stereocenters. The summed E-state index contributed by atoms with van der Waals surface area (Å²) >= 11 is 0. The second-order valence-corrected chi connectivity index (χ2v) is 15.6. The van der Waals surface area contributed by atoms with Crippen LogP contribution < -0.4 is 0 Å². The van der Waals surface area contributed by atoms with E-state index in [2.05, 4.69) is 0 Å². The molecular formula is C32H56O14. The molecule has 1 heterocycles. The van der Waals surface area contributed by atoms with Crippen LogP contribution in [0.15, 0.2) is 0 Å². The van der Waals surface area contributed by atoms with Crippen LogP contribution in [-0.4, -0.2) is 152 Å². The molecule has 0 bridgehead atoms. The smallest absolute Gasteiger partial charge is 0.186 e. The van der Waals surface area contributed by atoms with Crippen molar-refractivity contribution in [2.45, 2.75) is 163 Å². The molecule has 0 aromatic rings. The van der Waals surface area contributed by atoms with Crippen LogP contribution in [0.25, 0.3) is 0 Å². The Labute approximate surface area is 269 Å². The van der Waals surface area contributed by atoms with Crippen molar-refractivity contribution in [1.82, 2.24) is 0 Å². The van der Waals surface area contributed by atoms with Crippen LogP contribution in [0.1, 0.15) is 79.1 Å². The van der Waals surface area contributed by atoms with Gasteiger partial charge in [-0.1, -0.05) is 27.7 Å². The van der Waals surface area contributed by atoms with Gasteiger partial charge in [0.1, 0.15) is 59.5 Å². The van der Waals surface area contributed by atoms with Crippen molar-refractivity contribution in [2.24, 2.45) is 28.6 Å². The van der Waals surface area contributed by atoms with E-state index >= 15 is 0 Å². The topological polar surface area (TPSA) is 261 Å². The van der Waals surface area contributed by atoms with Crippen LogP contribution in [0.5, 0.6) is 0 Å². The minimum atomic E-state index is -2.46. The van der Waals surface area contributed by atoms with Crippen LogP contribution in [0.4, 0.5) is 0 Å². The summed E-state index contributed by atoms with van der Waals surface area (Å²) in [6, 6.07) is 0. The molecule has 14 nitrogen and oxygen atoms in total. The van der Waals surface area contributed by atoms with E-state index in [0.717, 1.165) is 0 Å². The molecule has 1 aliphatic heterocycles. The SMILES string of the molecule is CCC(CCC(C)C1CC(O)C2(O)C1(C)CCC1C3(C)CCC(O)C(O)C3(O)C(O)C(O)C12O)OC1OC(CO)C(O)C(O)C1O. The van der Waals surface area contributed by atoms with Gasteiger partial charge in [-0.25, -0.2) is 0 Å². The Bertz CT molecular complexity index is 1100. The van der Waals surface area contributed by atoms with Crippen LogP contribution in [0.2, 0.25) is 0 Å². The van der Waals surface area contributed by atoms with Crippen LogP contribution in [-0.2, 0) is 9.47 Å². The standard InChI is InChI=1S/C32H56O14/c1-5-15(45-27-23(38)22(37)21(36)18(13-33)46-27)7-6-14(2)16-12-20(35)32(44)28(16,3)11-9-19-29(4)10-8-17(34)24(39)31(29,43)26(41)25(40)30(19,32)42/h14-27,33-44H,5-13H2,1-4H3. The minimum Gasteiger partial charge on any atom is -0.394 e. The van der Waals surface area contributed by atoms with E-state index in [1.807, 2.05) is 13.8 Å². The van der Waals surface area contributed by atoms with E-state index < -0.39 is 107 Å². The molecular weight excluding hydrogens is 608 g/mol. The second-order valence-electron chi connectivity index (χ2n) is 15.6. The third kappa shape index (κ3) is 4.67. The molecule has 0 aromatic carbocycles. The molecule has 0 spiro atoms. The first kappa shape index (κ1) is 36.7. The number of rotatable bonds is 8. The summed E-state index contributed by atoms with van der Waals surface area (Å²) in [6.45, 7) is 6.59. The average Bonchev–Trinajstić information content (AvgIpc) is 3.24. The summed E-state index contributed by atoms with van der Waals surface area (Å²) in [5.74, 6) is -1.56. The molecule has 0 amide bonds. The monoisotopic (exact) mass is 664 g/mol. The first-order valence-electron chi connectivity index (χ1n) is 16.9. The highest BCUT2D eigenvalue weighted by Gasteiger charge is 2.84. The first-order valence-corrected chi connectivity index (χ1v) is 16.9. The van der Waals surface area contributed by atoms with Gasteiger partial charge < -0.3 is 70.8 Å². The first-order chi connectivity index (χ1) is 21.3. The van der Waals surface area contributed by atoms with Crippen molar-refractivity contribution >= 4 is 0 Å². The van der Waals surface area contributed by atoms with Gasteiger partial charge in [-0.05, 0) is 63.2 Å². The molecule has 19 atom stereocenters. The van der Waals surface area contributed by atoms with E-state index in [1.54, 1.807) is 13.8 Å². The van der Waals surface area contributed by atoms with E-state index in [9.17, 15) is 61.3 Å². The quantitative estimate of drug-likeness (QED) is 0.126. The van der Waals surface area contributed by atoms with Gasteiger partial charge in [0.25, 0.3) is 0 Å². The minimum absolute atomic E-state index is 0.0665. The number of fused-ring (bicyclic) bond motifs is 5. The van der Waals surface area contributed by atoms with Crippen molar-refractivity contribution in [3.63, 3.8) is 0 Å². The van der Waals surface area contributed by atoms with E-state index in [1.165, 1.54) is 0 Å². The highest BCUT2D eigenvalue weighted by atomic mass is 16.7. The molecule has 4 aliphatic carbocycles. The van der Waals surface area contributed by atoms with Gasteiger partial charge in [0.05, 0.1) is 24.9 Å². The summed E-state index contributed by atoms with van der Waals surface area (Å²) in [6.07, 6.45) is -14.2. The van der Waals surface area contributed by atoms with Gasteiger partial charge in [0.2, 0.25) is 0 Å². The Morgan fingerprint density at radius 2 is 1.39 bits per heavy atom. The zero-order valence-corrected chi connectivity index (χ0v) is 27.1. The number of ether oxygens (including phenoxy) is 2. The van der Waals surface area contributed by atoms with E-state index in [0.29, 0.717) is 25.7 Å². The molecule has 12 N–H and O–H groups in total. The van der Waals surface area contributed by atoms with Crippen LogP contribution in [0.3, 0.4) is 0 Å². The molecule has 268 valence electrons. The Morgan fingerprint density at radius 3 is 2.00 bits per heavy atom. The lowest BCUT2D eigenvalue weighted by molar-refractivity contribution is -0.401.